The molecule has 0 amide bonds. The Balaban J connectivity index is 1.61. The van der Waals surface area contributed by atoms with Crippen molar-refractivity contribution in [1.29, 1.82) is 0 Å². The third-order valence-corrected chi connectivity index (χ3v) is 8.28. The third-order valence-electron chi connectivity index (χ3n) is 5.29. The summed E-state index contributed by atoms with van der Waals surface area (Å²) in [6.07, 6.45) is 1.19. The minimum absolute atomic E-state index is 0.0377. The molecule has 4 rings (SSSR count). The van der Waals surface area contributed by atoms with E-state index in [4.69, 9.17) is 4.74 Å². The summed E-state index contributed by atoms with van der Waals surface area (Å²) in [4.78, 5) is 24.0. The standard InChI is InChI=1S/C22H23N7O5S2/c1-4-28(5-2)36(32,33)16-9-6-14(7-10-16)25-20-19(29(30)31)21(24-13-23-20)27-22-26-17-11-8-15(34-3)12-18(17)35-22/h6-13H,4-5H2,1-3H3,(H2,23,24,25,26,27). The number of benzene rings is 2. The molecule has 2 heterocycles. The number of sulfonamides is 1. The quantitative estimate of drug-likeness (QED) is 0.221. The van der Waals surface area contributed by atoms with E-state index in [1.54, 1.807) is 33.1 Å². The largest absolute Gasteiger partial charge is 0.497 e. The fourth-order valence-electron chi connectivity index (χ4n) is 3.48. The molecule has 0 radical (unpaired) electrons. The maximum absolute atomic E-state index is 12.7. The zero-order chi connectivity index (χ0) is 25.9. The van der Waals surface area contributed by atoms with Crippen LogP contribution in [-0.4, -0.2) is 52.8 Å². The second-order valence-corrected chi connectivity index (χ2v) is 10.4. The van der Waals surface area contributed by atoms with Crippen LogP contribution in [0.3, 0.4) is 0 Å². The van der Waals surface area contributed by atoms with Crippen LogP contribution >= 0.6 is 11.3 Å². The van der Waals surface area contributed by atoms with Gasteiger partial charge in [-0.1, -0.05) is 25.2 Å². The van der Waals surface area contributed by atoms with Gasteiger partial charge in [0.2, 0.25) is 21.7 Å². The second-order valence-electron chi connectivity index (χ2n) is 7.39. The van der Waals surface area contributed by atoms with E-state index >= 15 is 0 Å². The molecule has 0 saturated heterocycles. The summed E-state index contributed by atoms with van der Waals surface area (Å²) in [6.45, 7) is 4.23. The molecule has 4 aromatic rings. The molecule has 0 saturated carbocycles. The van der Waals surface area contributed by atoms with Gasteiger partial charge < -0.3 is 15.4 Å². The van der Waals surface area contributed by atoms with Crippen LogP contribution in [0.1, 0.15) is 13.8 Å². The van der Waals surface area contributed by atoms with Crippen LogP contribution < -0.4 is 15.4 Å². The zero-order valence-corrected chi connectivity index (χ0v) is 21.3. The van der Waals surface area contributed by atoms with E-state index in [2.05, 4.69) is 25.6 Å². The summed E-state index contributed by atoms with van der Waals surface area (Å²) in [5.74, 6) is 0.581. The van der Waals surface area contributed by atoms with Crippen molar-refractivity contribution in [3.63, 3.8) is 0 Å². The van der Waals surface area contributed by atoms with Gasteiger partial charge in [0.25, 0.3) is 0 Å². The molecule has 0 spiro atoms. The van der Waals surface area contributed by atoms with Crippen molar-refractivity contribution in [1.82, 2.24) is 19.3 Å². The van der Waals surface area contributed by atoms with Crippen LogP contribution in [0.25, 0.3) is 10.2 Å². The van der Waals surface area contributed by atoms with E-state index < -0.39 is 14.9 Å². The fraction of sp³-hybridized carbons (Fsp3) is 0.227. The second kappa shape index (κ2) is 10.4. The molecule has 0 bridgehead atoms. The highest BCUT2D eigenvalue weighted by Gasteiger charge is 2.25. The number of hydrogen-bond donors (Lipinski definition) is 2. The molecule has 188 valence electrons. The van der Waals surface area contributed by atoms with Gasteiger partial charge in [0, 0.05) is 18.8 Å². The van der Waals surface area contributed by atoms with Crippen LogP contribution in [0, 0.1) is 10.1 Å². The highest BCUT2D eigenvalue weighted by Crippen LogP contribution is 2.36. The van der Waals surface area contributed by atoms with Crippen molar-refractivity contribution in [2.75, 3.05) is 30.8 Å². The summed E-state index contributed by atoms with van der Waals surface area (Å²) in [5, 5.41) is 18.1. The molecule has 12 nitrogen and oxygen atoms in total. The Kier molecular flexibility index (Phi) is 7.28. The van der Waals surface area contributed by atoms with Crippen LogP contribution in [0.4, 0.5) is 28.1 Å². The van der Waals surface area contributed by atoms with Crippen LogP contribution in [0.2, 0.25) is 0 Å². The number of anilines is 4. The van der Waals surface area contributed by atoms with E-state index in [0.717, 1.165) is 4.70 Å². The minimum Gasteiger partial charge on any atom is -0.497 e. The topological polar surface area (TPSA) is 152 Å². The lowest BCUT2D eigenvalue weighted by molar-refractivity contribution is -0.383. The Morgan fingerprint density at radius 1 is 1.06 bits per heavy atom. The van der Waals surface area contributed by atoms with E-state index in [1.807, 2.05) is 6.07 Å². The van der Waals surface area contributed by atoms with Gasteiger partial charge in [-0.05, 0) is 42.5 Å². The third kappa shape index (κ3) is 5.05. The minimum atomic E-state index is -3.62. The Hall–Kier alpha value is -3.88. The highest BCUT2D eigenvalue weighted by atomic mass is 32.2. The summed E-state index contributed by atoms with van der Waals surface area (Å²) in [7, 11) is -2.05. The number of thiazole rings is 1. The Morgan fingerprint density at radius 3 is 2.33 bits per heavy atom. The molecule has 2 aromatic carbocycles. The first-order valence-corrected chi connectivity index (χ1v) is 13.1. The van der Waals surface area contributed by atoms with E-state index in [9.17, 15) is 18.5 Å². The molecular formula is C22H23N7O5S2. The number of nitro groups is 1. The number of aromatic nitrogens is 3. The average Bonchev–Trinajstić information content (AvgIpc) is 3.26. The number of ether oxygens (including phenoxy) is 1. The zero-order valence-electron chi connectivity index (χ0n) is 19.6. The monoisotopic (exact) mass is 529 g/mol. The van der Waals surface area contributed by atoms with Gasteiger partial charge in [0.1, 0.15) is 12.1 Å². The van der Waals surface area contributed by atoms with Crippen molar-refractivity contribution in [3.05, 3.63) is 58.9 Å². The summed E-state index contributed by atoms with van der Waals surface area (Å²) >= 11 is 1.30. The van der Waals surface area contributed by atoms with Crippen molar-refractivity contribution in [2.45, 2.75) is 18.7 Å². The van der Waals surface area contributed by atoms with Crippen molar-refractivity contribution in [2.24, 2.45) is 0 Å². The lowest BCUT2D eigenvalue weighted by Crippen LogP contribution is -2.30. The maximum atomic E-state index is 12.7. The lowest BCUT2D eigenvalue weighted by Gasteiger charge is -2.18. The molecule has 36 heavy (non-hydrogen) atoms. The lowest BCUT2D eigenvalue weighted by atomic mass is 10.3. The van der Waals surface area contributed by atoms with Crippen LogP contribution in [-0.2, 0) is 10.0 Å². The SMILES string of the molecule is CCN(CC)S(=O)(=O)c1ccc(Nc2ncnc(Nc3nc4ccc(OC)cc4s3)c2[N+](=O)[O-])cc1. The Labute approximate surface area is 211 Å². The number of methoxy groups -OCH3 is 1. The van der Waals surface area contributed by atoms with Gasteiger partial charge in [-0.25, -0.2) is 23.4 Å². The van der Waals surface area contributed by atoms with E-state index in [0.29, 0.717) is 35.2 Å². The number of hydrogen-bond acceptors (Lipinski definition) is 11. The number of fused-ring (bicyclic) bond motifs is 1. The molecule has 0 fully saturated rings. The van der Waals surface area contributed by atoms with Crippen LogP contribution in [0.15, 0.2) is 53.7 Å². The number of rotatable bonds is 10. The first kappa shape index (κ1) is 25.2. The predicted molar refractivity (Wildman–Crippen MR) is 138 cm³/mol. The summed E-state index contributed by atoms with van der Waals surface area (Å²) < 4.78 is 32.8. The molecule has 0 aliphatic carbocycles. The van der Waals surface area contributed by atoms with Gasteiger partial charge in [-0.2, -0.15) is 4.31 Å². The van der Waals surface area contributed by atoms with Gasteiger partial charge in [0.05, 0.1) is 27.1 Å². The summed E-state index contributed by atoms with van der Waals surface area (Å²) in [5.41, 5.74) is 0.751. The number of nitrogens with zero attached hydrogens (tertiary/aromatic N) is 5. The fourth-order valence-corrected chi connectivity index (χ4v) is 5.83. The number of nitrogens with one attached hydrogen (secondary N) is 2. The molecule has 2 N–H and O–H groups in total. The van der Waals surface area contributed by atoms with Gasteiger partial charge >= 0.3 is 5.69 Å². The van der Waals surface area contributed by atoms with E-state index in [-0.39, 0.29) is 22.2 Å². The summed E-state index contributed by atoms with van der Waals surface area (Å²) in [6, 6.07) is 11.3. The molecule has 0 aliphatic heterocycles. The maximum Gasteiger partial charge on any atom is 0.353 e. The Bertz CT molecular complexity index is 1500. The Morgan fingerprint density at radius 2 is 1.72 bits per heavy atom. The highest BCUT2D eigenvalue weighted by molar-refractivity contribution is 7.89. The molecular weight excluding hydrogens is 506 g/mol. The van der Waals surface area contributed by atoms with E-state index in [1.165, 1.54) is 46.2 Å². The average molecular weight is 530 g/mol. The first-order chi connectivity index (χ1) is 17.3. The predicted octanol–water partition coefficient (Wildman–Crippen LogP) is 4.52. The van der Waals surface area contributed by atoms with Crippen LogP contribution in [0.5, 0.6) is 5.75 Å². The van der Waals surface area contributed by atoms with Gasteiger partial charge in [0.15, 0.2) is 5.13 Å². The van der Waals surface area contributed by atoms with Crippen molar-refractivity contribution < 1.29 is 18.1 Å². The molecule has 0 aliphatic rings. The molecule has 0 unspecified atom stereocenters. The van der Waals surface area contributed by atoms with Crippen molar-refractivity contribution in [3.8, 4) is 5.75 Å². The molecule has 14 heteroatoms. The van der Waals surface area contributed by atoms with Gasteiger partial charge in [-0.15, -0.1) is 0 Å². The molecule has 0 atom stereocenters. The normalized spacial score (nSPS) is 11.6. The van der Waals surface area contributed by atoms with Gasteiger partial charge in [-0.3, -0.25) is 10.1 Å². The first-order valence-electron chi connectivity index (χ1n) is 10.8. The molecule has 2 aromatic heterocycles. The smallest absolute Gasteiger partial charge is 0.353 e. The van der Waals surface area contributed by atoms with Crippen molar-refractivity contribution >= 4 is 59.7 Å².